The van der Waals surface area contributed by atoms with Gasteiger partial charge in [0.2, 0.25) is 0 Å². The molecule has 1 aromatic carbocycles. The molecule has 0 aliphatic carbocycles. The summed E-state index contributed by atoms with van der Waals surface area (Å²) in [5.41, 5.74) is 4.72. The van der Waals surface area contributed by atoms with Crippen LogP contribution in [0.4, 0.5) is 5.69 Å². The Bertz CT molecular complexity index is 976. The number of hydrogen-bond acceptors (Lipinski definition) is 5. The molecule has 140 valence electrons. The summed E-state index contributed by atoms with van der Waals surface area (Å²) in [7, 11) is 0. The van der Waals surface area contributed by atoms with Crippen molar-refractivity contribution in [3.63, 3.8) is 0 Å². The maximum atomic E-state index is 12.8. The minimum absolute atomic E-state index is 0.214. The first-order valence-corrected chi connectivity index (χ1v) is 9.13. The Kier molecular flexibility index (Phi) is 4.87. The van der Waals surface area contributed by atoms with Crippen molar-refractivity contribution < 1.29 is 9.53 Å². The van der Waals surface area contributed by atoms with E-state index in [2.05, 4.69) is 20.3 Å². The van der Waals surface area contributed by atoms with Gasteiger partial charge in [0, 0.05) is 37.1 Å². The number of carbonyl (C=O) groups excluding carboxylic acids is 1. The molecule has 0 spiro atoms. The number of rotatable bonds is 4. The smallest absolute Gasteiger partial charge is 0.274 e. The number of hydrogen-bond donors (Lipinski definition) is 1. The molecule has 0 unspecified atom stereocenters. The van der Waals surface area contributed by atoms with E-state index >= 15 is 0 Å². The van der Waals surface area contributed by atoms with E-state index in [1.807, 2.05) is 44.2 Å². The molecule has 3 aromatic rings. The molecule has 1 fully saturated rings. The van der Waals surface area contributed by atoms with E-state index in [9.17, 15) is 4.79 Å². The topological polar surface area (TPSA) is 71.8 Å². The molecule has 0 bridgehead atoms. The number of ether oxygens (including phenoxy) is 1. The molecule has 0 atom stereocenters. The van der Waals surface area contributed by atoms with Crippen molar-refractivity contribution in [2.45, 2.75) is 20.4 Å². The van der Waals surface area contributed by atoms with Crippen LogP contribution in [0.3, 0.4) is 0 Å². The first-order valence-electron chi connectivity index (χ1n) is 9.13. The van der Waals surface area contributed by atoms with Crippen LogP contribution in [0.15, 0.2) is 36.4 Å². The number of fused-ring (bicyclic) bond motifs is 1. The SMILES string of the molecule is Cc1cc2nc(C(=O)Nc3ccccc3CN3CCOCC3)cc(C)n2n1. The van der Waals surface area contributed by atoms with Crippen LogP contribution in [-0.2, 0) is 11.3 Å². The summed E-state index contributed by atoms with van der Waals surface area (Å²) in [4.78, 5) is 19.6. The zero-order chi connectivity index (χ0) is 18.8. The van der Waals surface area contributed by atoms with Gasteiger partial charge in [-0.15, -0.1) is 0 Å². The Morgan fingerprint density at radius 1 is 1.19 bits per heavy atom. The second-order valence-corrected chi connectivity index (χ2v) is 6.84. The van der Waals surface area contributed by atoms with Crippen molar-refractivity contribution in [2.75, 3.05) is 31.6 Å². The molecule has 27 heavy (non-hydrogen) atoms. The summed E-state index contributed by atoms with van der Waals surface area (Å²) in [6.45, 7) is 7.93. The molecule has 1 amide bonds. The molecule has 7 heteroatoms. The fourth-order valence-electron chi connectivity index (χ4n) is 3.32. The molecule has 4 rings (SSSR count). The van der Waals surface area contributed by atoms with E-state index in [0.717, 1.165) is 55.5 Å². The van der Waals surface area contributed by atoms with Gasteiger partial charge >= 0.3 is 0 Å². The van der Waals surface area contributed by atoms with Gasteiger partial charge in [-0.2, -0.15) is 5.10 Å². The summed E-state index contributed by atoms with van der Waals surface area (Å²) in [6.07, 6.45) is 0. The number of nitrogens with one attached hydrogen (secondary N) is 1. The molecule has 1 aliphatic rings. The number of aromatic nitrogens is 3. The van der Waals surface area contributed by atoms with Gasteiger partial charge < -0.3 is 10.1 Å². The number of benzene rings is 1. The predicted octanol–water partition coefficient (Wildman–Crippen LogP) is 2.43. The number of aryl methyl sites for hydroxylation is 2. The largest absolute Gasteiger partial charge is 0.379 e. The maximum absolute atomic E-state index is 12.8. The highest BCUT2D eigenvalue weighted by Crippen LogP contribution is 2.19. The van der Waals surface area contributed by atoms with Crippen molar-refractivity contribution in [1.82, 2.24) is 19.5 Å². The van der Waals surface area contributed by atoms with Gasteiger partial charge in [-0.25, -0.2) is 9.50 Å². The zero-order valence-corrected chi connectivity index (χ0v) is 15.6. The third-order valence-corrected chi connectivity index (χ3v) is 4.72. The van der Waals surface area contributed by atoms with Gasteiger partial charge in [0.1, 0.15) is 5.69 Å². The number of morpholine rings is 1. The minimum Gasteiger partial charge on any atom is -0.379 e. The van der Waals surface area contributed by atoms with E-state index in [1.54, 1.807) is 10.6 Å². The molecule has 0 saturated carbocycles. The molecular weight excluding hydrogens is 342 g/mol. The Hall–Kier alpha value is -2.77. The highest BCUT2D eigenvalue weighted by molar-refractivity contribution is 6.03. The second-order valence-electron chi connectivity index (χ2n) is 6.84. The summed E-state index contributed by atoms with van der Waals surface area (Å²) in [5, 5.41) is 7.41. The average molecular weight is 365 g/mol. The number of carbonyl (C=O) groups is 1. The molecule has 7 nitrogen and oxygen atoms in total. The molecular formula is C20H23N5O2. The maximum Gasteiger partial charge on any atom is 0.274 e. The third kappa shape index (κ3) is 3.84. The lowest BCUT2D eigenvalue weighted by atomic mass is 10.1. The summed E-state index contributed by atoms with van der Waals surface area (Å²) in [5.74, 6) is -0.214. The van der Waals surface area contributed by atoms with E-state index in [0.29, 0.717) is 11.3 Å². The highest BCUT2D eigenvalue weighted by atomic mass is 16.5. The molecule has 1 aliphatic heterocycles. The van der Waals surface area contributed by atoms with Gasteiger partial charge in [-0.1, -0.05) is 18.2 Å². The normalized spacial score (nSPS) is 15.2. The Morgan fingerprint density at radius 2 is 1.96 bits per heavy atom. The number of nitrogens with zero attached hydrogens (tertiary/aromatic N) is 4. The van der Waals surface area contributed by atoms with Crippen LogP contribution in [0.2, 0.25) is 0 Å². The number of anilines is 1. The van der Waals surface area contributed by atoms with Crippen molar-refractivity contribution in [3.05, 3.63) is 59.0 Å². The van der Waals surface area contributed by atoms with Crippen LogP contribution in [-0.4, -0.2) is 51.7 Å². The van der Waals surface area contributed by atoms with Crippen LogP contribution >= 0.6 is 0 Å². The van der Waals surface area contributed by atoms with Gasteiger partial charge in [0.05, 0.1) is 18.9 Å². The Balaban J connectivity index is 1.56. The van der Waals surface area contributed by atoms with Crippen molar-refractivity contribution in [3.8, 4) is 0 Å². The van der Waals surface area contributed by atoms with Crippen molar-refractivity contribution >= 4 is 17.2 Å². The summed E-state index contributed by atoms with van der Waals surface area (Å²) >= 11 is 0. The predicted molar refractivity (Wildman–Crippen MR) is 103 cm³/mol. The lowest BCUT2D eigenvalue weighted by Gasteiger charge is -2.27. The zero-order valence-electron chi connectivity index (χ0n) is 15.6. The Labute approximate surface area is 158 Å². The fourth-order valence-corrected chi connectivity index (χ4v) is 3.32. The molecule has 1 N–H and O–H groups in total. The fraction of sp³-hybridized carbons (Fsp3) is 0.350. The van der Waals surface area contributed by atoms with E-state index in [1.165, 1.54) is 0 Å². The monoisotopic (exact) mass is 365 g/mol. The Morgan fingerprint density at radius 3 is 2.78 bits per heavy atom. The first-order chi connectivity index (χ1) is 13.1. The molecule has 2 aromatic heterocycles. The quantitative estimate of drug-likeness (QED) is 0.769. The standard InChI is InChI=1S/C20H23N5O2/c1-14-11-19-21-18(12-15(2)25(19)23-14)20(26)22-17-6-4-3-5-16(17)13-24-7-9-27-10-8-24/h3-6,11-12H,7-10,13H2,1-2H3,(H,22,26). The van der Waals surface area contributed by atoms with E-state index in [4.69, 9.17) is 4.74 Å². The third-order valence-electron chi connectivity index (χ3n) is 4.72. The molecule has 3 heterocycles. The summed E-state index contributed by atoms with van der Waals surface area (Å²) < 4.78 is 7.16. The van der Waals surface area contributed by atoms with E-state index in [-0.39, 0.29) is 5.91 Å². The summed E-state index contributed by atoms with van der Waals surface area (Å²) in [6, 6.07) is 11.5. The lowest BCUT2D eigenvalue weighted by molar-refractivity contribution is 0.0342. The average Bonchev–Trinajstić information content (AvgIpc) is 3.05. The van der Waals surface area contributed by atoms with Gasteiger partial charge in [0.25, 0.3) is 5.91 Å². The van der Waals surface area contributed by atoms with Gasteiger partial charge in [-0.3, -0.25) is 9.69 Å². The highest BCUT2D eigenvalue weighted by Gasteiger charge is 2.16. The van der Waals surface area contributed by atoms with Crippen LogP contribution < -0.4 is 5.32 Å². The lowest BCUT2D eigenvalue weighted by Crippen LogP contribution is -2.35. The molecule has 0 radical (unpaired) electrons. The van der Waals surface area contributed by atoms with Crippen LogP contribution in [0.5, 0.6) is 0 Å². The molecule has 1 saturated heterocycles. The van der Waals surface area contributed by atoms with Crippen molar-refractivity contribution in [2.24, 2.45) is 0 Å². The minimum atomic E-state index is -0.214. The van der Waals surface area contributed by atoms with Crippen molar-refractivity contribution in [1.29, 1.82) is 0 Å². The first kappa shape index (κ1) is 17.6. The van der Waals surface area contributed by atoms with Crippen LogP contribution in [0.25, 0.3) is 5.65 Å². The van der Waals surface area contributed by atoms with E-state index < -0.39 is 0 Å². The number of para-hydroxylation sites is 1. The number of amides is 1. The van der Waals surface area contributed by atoms with Crippen LogP contribution in [0.1, 0.15) is 27.4 Å². The van der Waals surface area contributed by atoms with Gasteiger partial charge in [0.15, 0.2) is 5.65 Å². The van der Waals surface area contributed by atoms with Gasteiger partial charge in [-0.05, 0) is 31.5 Å². The van der Waals surface area contributed by atoms with Crippen LogP contribution in [0, 0.1) is 13.8 Å². The second kappa shape index (κ2) is 7.46.